The number of benzene rings is 2. The van der Waals surface area contributed by atoms with Crippen LogP contribution in [-0.2, 0) is 0 Å². The summed E-state index contributed by atoms with van der Waals surface area (Å²) < 4.78 is 31.5. The predicted molar refractivity (Wildman–Crippen MR) is 77.9 cm³/mol. The van der Waals surface area contributed by atoms with Gasteiger partial charge in [0, 0.05) is 23.1 Å². The highest BCUT2D eigenvalue weighted by Crippen LogP contribution is 2.36. The molecule has 2 nitrogen and oxygen atoms in total. The maximum Gasteiger partial charge on any atom is 0.169 e. The van der Waals surface area contributed by atoms with Gasteiger partial charge in [0.1, 0.15) is 17.4 Å². The molecule has 5 heteroatoms. The fraction of sp³-hybridized carbons (Fsp3) is 0. The summed E-state index contributed by atoms with van der Waals surface area (Å²) in [5.41, 5.74) is 0.847. The van der Waals surface area contributed by atoms with Crippen LogP contribution in [0.1, 0.15) is 0 Å². The van der Waals surface area contributed by atoms with Crippen molar-refractivity contribution in [2.45, 2.75) is 0 Å². The Morgan fingerprint density at radius 3 is 2.33 bits per heavy atom. The topological polar surface area (TPSA) is 29.5 Å². The molecule has 3 rings (SSSR count). The Hall–Kier alpha value is -2.40. The van der Waals surface area contributed by atoms with E-state index in [1.165, 1.54) is 0 Å². The van der Waals surface area contributed by atoms with Gasteiger partial charge >= 0.3 is 0 Å². The molecule has 0 aliphatic carbocycles. The molecule has 0 saturated heterocycles. The normalized spacial score (nSPS) is 10.6. The van der Waals surface area contributed by atoms with Gasteiger partial charge in [-0.25, -0.2) is 8.78 Å². The molecule has 0 unspecified atom stereocenters. The number of rotatable bonds is 3. The van der Waals surface area contributed by atoms with Gasteiger partial charge in [0.25, 0.3) is 0 Å². The van der Waals surface area contributed by atoms with Gasteiger partial charge in [-0.15, -0.1) is 11.3 Å². The quantitative estimate of drug-likeness (QED) is 0.721. The minimum atomic E-state index is -0.736. The van der Waals surface area contributed by atoms with Crippen molar-refractivity contribution >= 4 is 11.3 Å². The van der Waals surface area contributed by atoms with Crippen LogP contribution in [0.15, 0.2) is 53.9 Å². The summed E-state index contributed by atoms with van der Waals surface area (Å²) in [4.78, 5) is 1.01. The highest BCUT2D eigenvalue weighted by atomic mass is 32.1. The van der Waals surface area contributed by atoms with Gasteiger partial charge < -0.3 is 9.84 Å². The van der Waals surface area contributed by atoms with E-state index < -0.39 is 11.6 Å². The Morgan fingerprint density at radius 1 is 0.952 bits per heavy atom. The zero-order chi connectivity index (χ0) is 14.8. The number of halogens is 2. The molecule has 0 saturated carbocycles. The first-order valence-electron chi connectivity index (χ1n) is 6.13. The van der Waals surface area contributed by atoms with Gasteiger partial charge in [-0.2, -0.15) is 0 Å². The van der Waals surface area contributed by atoms with E-state index in [1.54, 1.807) is 29.5 Å². The lowest BCUT2D eigenvalue weighted by atomic mass is 10.1. The Labute approximate surface area is 123 Å². The highest BCUT2D eigenvalue weighted by molar-refractivity contribution is 7.13. The van der Waals surface area contributed by atoms with Gasteiger partial charge in [-0.1, -0.05) is 6.07 Å². The summed E-state index contributed by atoms with van der Waals surface area (Å²) in [5.74, 6) is -1.43. The molecular weight excluding hydrogens is 294 g/mol. The fourth-order valence-electron chi connectivity index (χ4n) is 1.91. The summed E-state index contributed by atoms with van der Waals surface area (Å²) in [7, 11) is 0. The van der Waals surface area contributed by atoms with Gasteiger partial charge in [0.15, 0.2) is 11.5 Å². The third kappa shape index (κ3) is 3.03. The Kier molecular flexibility index (Phi) is 3.58. The van der Waals surface area contributed by atoms with E-state index >= 15 is 0 Å². The van der Waals surface area contributed by atoms with E-state index in [-0.39, 0.29) is 17.2 Å². The molecule has 106 valence electrons. The predicted octanol–water partition coefficient (Wildman–Crippen LogP) is 5.19. The minimum absolute atomic E-state index is 0.00771. The van der Waals surface area contributed by atoms with Crippen molar-refractivity contribution in [3.05, 3.63) is 65.5 Å². The fourth-order valence-corrected chi connectivity index (χ4v) is 2.64. The van der Waals surface area contributed by atoms with E-state index in [0.29, 0.717) is 0 Å². The molecule has 1 aromatic heterocycles. The van der Waals surface area contributed by atoms with Gasteiger partial charge in [0.2, 0.25) is 0 Å². The molecule has 21 heavy (non-hydrogen) atoms. The number of hydrogen-bond donors (Lipinski definition) is 1. The molecule has 0 aliphatic rings. The molecular formula is C16H10F2O2S. The van der Waals surface area contributed by atoms with E-state index in [1.807, 2.05) is 17.5 Å². The summed E-state index contributed by atoms with van der Waals surface area (Å²) in [6.07, 6.45) is 0. The SMILES string of the molecule is Oc1cc(-c2cccs2)ccc1Oc1cc(F)cc(F)c1. The Balaban J connectivity index is 1.89. The zero-order valence-corrected chi connectivity index (χ0v) is 11.5. The van der Waals surface area contributed by atoms with E-state index in [0.717, 1.165) is 28.6 Å². The Bertz CT molecular complexity index is 750. The maximum absolute atomic E-state index is 13.1. The molecule has 1 heterocycles. The Morgan fingerprint density at radius 2 is 1.71 bits per heavy atom. The number of aromatic hydroxyl groups is 1. The number of phenols is 1. The number of phenolic OH excluding ortho intramolecular Hbond substituents is 1. The van der Waals surface area contributed by atoms with Crippen molar-refractivity contribution in [2.24, 2.45) is 0 Å². The third-order valence-corrected chi connectivity index (χ3v) is 3.75. The monoisotopic (exact) mass is 304 g/mol. The van der Waals surface area contributed by atoms with Crippen LogP contribution in [0, 0.1) is 11.6 Å². The van der Waals surface area contributed by atoms with Crippen LogP contribution in [0.5, 0.6) is 17.2 Å². The van der Waals surface area contributed by atoms with Crippen molar-refractivity contribution in [3.8, 4) is 27.7 Å². The summed E-state index contributed by atoms with van der Waals surface area (Å²) in [6, 6.07) is 11.6. The van der Waals surface area contributed by atoms with Crippen molar-refractivity contribution < 1.29 is 18.6 Å². The molecule has 0 bridgehead atoms. The number of ether oxygens (including phenoxy) is 1. The second-order valence-corrected chi connectivity index (χ2v) is 5.31. The van der Waals surface area contributed by atoms with Crippen LogP contribution in [0.3, 0.4) is 0 Å². The molecule has 1 N–H and O–H groups in total. The van der Waals surface area contributed by atoms with Gasteiger partial charge in [0.05, 0.1) is 0 Å². The average molecular weight is 304 g/mol. The molecule has 0 spiro atoms. The molecule has 3 aromatic rings. The van der Waals surface area contributed by atoms with Crippen molar-refractivity contribution in [2.75, 3.05) is 0 Å². The van der Waals surface area contributed by atoms with Crippen LogP contribution in [0.25, 0.3) is 10.4 Å². The lowest BCUT2D eigenvalue weighted by Gasteiger charge is -2.09. The molecule has 0 atom stereocenters. The smallest absolute Gasteiger partial charge is 0.169 e. The average Bonchev–Trinajstić information content (AvgIpc) is 2.94. The number of thiophene rings is 1. The molecule has 0 amide bonds. The lowest BCUT2D eigenvalue weighted by Crippen LogP contribution is -1.88. The van der Waals surface area contributed by atoms with Crippen LogP contribution in [0.2, 0.25) is 0 Å². The van der Waals surface area contributed by atoms with E-state index in [2.05, 4.69) is 0 Å². The molecule has 2 aromatic carbocycles. The van der Waals surface area contributed by atoms with Gasteiger partial charge in [-0.3, -0.25) is 0 Å². The van der Waals surface area contributed by atoms with Crippen molar-refractivity contribution in [1.29, 1.82) is 0 Å². The zero-order valence-electron chi connectivity index (χ0n) is 10.7. The summed E-state index contributed by atoms with van der Waals surface area (Å²) in [5, 5.41) is 11.9. The first-order chi connectivity index (χ1) is 10.1. The van der Waals surface area contributed by atoms with Crippen LogP contribution in [0.4, 0.5) is 8.78 Å². The summed E-state index contributed by atoms with van der Waals surface area (Å²) in [6.45, 7) is 0. The first-order valence-corrected chi connectivity index (χ1v) is 7.00. The standard InChI is InChI=1S/C16H10F2O2S/c17-11-7-12(18)9-13(8-11)20-15-4-3-10(6-14(15)19)16-2-1-5-21-16/h1-9,19H. The third-order valence-electron chi connectivity index (χ3n) is 2.83. The van der Waals surface area contributed by atoms with E-state index in [9.17, 15) is 13.9 Å². The maximum atomic E-state index is 13.1. The van der Waals surface area contributed by atoms with Crippen LogP contribution in [-0.4, -0.2) is 5.11 Å². The van der Waals surface area contributed by atoms with Gasteiger partial charge in [-0.05, 0) is 35.2 Å². The molecule has 0 radical (unpaired) electrons. The largest absolute Gasteiger partial charge is 0.504 e. The summed E-state index contributed by atoms with van der Waals surface area (Å²) >= 11 is 1.55. The van der Waals surface area contributed by atoms with Crippen molar-refractivity contribution in [1.82, 2.24) is 0 Å². The van der Waals surface area contributed by atoms with E-state index in [4.69, 9.17) is 4.74 Å². The van der Waals surface area contributed by atoms with Crippen molar-refractivity contribution in [3.63, 3.8) is 0 Å². The molecule has 0 aliphatic heterocycles. The second-order valence-electron chi connectivity index (χ2n) is 4.37. The molecule has 0 fully saturated rings. The minimum Gasteiger partial charge on any atom is -0.504 e. The first kappa shape index (κ1) is 13.6. The highest BCUT2D eigenvalue weighted by Gasteiger charge is 2.09. The van der Waals surface area contributed by atoms with Crippen LogP contribution < -0.4 is 4.74 Å². The lowest BCUT2D eigenvalue weighted by molar-refractivity contribution is 0.407. The van der Waals surface area contributed by atoms with Crippen LogP contribution >= 0.6 is 11.3 Å². The second kappa shape index (κ2) is 5.54. The number of hydrogen-bond acceptors (Lipinski definition) is 3.